The number of carbonyl (C=O) groups excluding carboxylic acids is 2. The maximum atomic E-state index is 12.1. The molecular weight excluding hydrogens is 274 g/mol. The van der Waals surface area contributed by atoms with Gasteiger partial charge in [0.1, 0.15) is 6.04 Å². The van der Waals surface area contributed by atoms with E-state index in [1.54, 1.807) is 0 Å². The summed E-state index contributed by atoms with van der Waals surface area (Å²) in [5, 5.41) is 14.4. The zero-order valence-electron chi connectivity index (χ0n) is 11.3. The first-order valence-electron chi connectivity index (χ1n) is 6.59. The number of benzene rings is 1. The van der Waals surface area contributed by atoms with Crippen LogP contribution in [-0.4, -0.2) is 35.0 Å². The summed E-state index contributed by atoms with van der Waals surface area (Å²) in [6.45, 7) is 0.543. The molecule has 1 aliphatic rings. The molecule has 0 aromatic heterocycles. The molecule has 1 heterocycles. The van der Waals surface area contributed by atoms with Crippen LogP contribution < -0.4 is 16.4 Å². The molecule has 0 spiro atoms. The van der Waals surface area contributed by atoms with Crippen molar-refractivity contribution in [1.29, 1.82) is 0 Å². The van der Waals surface area contributed by atoms with Crippen molar-refractivity contribution in [3.05, 3.63) is 35.4 Å². The molecule has 1 aliphatic heterocycles. The number of nitrogens with one attached hydrogen (secondary N) is 2. The van der Waals surface area contributed by atoms with Crippen LogP contribution in [-0.2, 0) is 27.3 Å². The molecule has 0 fully saturated rings. The van der Waals surface area contributed by atoms with E-state index in [1.165, 1.54) is 0 Å². The molecule has 7 heteroatoms. The molecule has 1 aromatic rings. The number of amides is 2. The fourth-order valence-corrected chi connectivity index (χ4v) is 2.31. The number of carboxylic acid groups (broad SMARTS) is 1. The number of nitrogens with two attached hydrogens (primary N) is 1. The van der Waals surface area contributed by atoms with Crippen molar-refractivity contribution in [3.63, 3.8) is 0 Å². The van der Waals surface area contributed by atoms with Gasteiger partial charge >= 0.3 is 5.97 Å². The number of hydrogen-bond donors (Lipinski definition) is 4. The van der Waals surface area contributed by atoms with E-state index in [4.69, 9.17) is 10.8 Å². The summed E-state index contributed by atoms with van der Waals surface area (Å²) in [7, 11) is 0. The van der Waals surface area contributed by atoms with E-state index in [2.05, 4.69) is 10.6 Å². The maximum Gasteiger partial charge on any atom is 0.326 e. The van der Waals surface area contributed by atoms with Crippen LogP contribution in [0.15, 0.2) is 24.3 Å². The van der Waals surface area contributed by atoms with Crippen LogP contribution in [0.1, 0.15) is 17.5 Å². The van der Waals surface area contributed by atoms with Crippen LogP contribution in [0.5, 0.6) is 0 Å². The quantitative estimate of drug-likeness (QED) is 0.563. The first-order valence-corrected chi connectivity index (χ1v) is 6.59. The fraction of sp³-hybridized carbons (Fsp3) is 0.357. The first kappa shape index (κ1) is 15.0. The smallest absolute Gasteiger partial charge is 0.326 e. The second-order valence-corrected chi connectivity index (χ2v) is 4.98. The highest BCUT2D eigenvalue weighted by atomic mass is 16.4. The standard InChI is InChI=1S/C14H17N3O4/c15-12(18)6-11(14(20)21)17-13(19)10-5-8-3-1-2-4-9(8)7-16-10/h1-4,10-11,16H,5-7H2,(H2,15,18)(H,17,19)(H,20,21)/t10-,11-/m1/s1. The van der Waals surface area contributed by atoms with Crippen molar-refractivity contribution in [3.8, 4) is 0 Å². The highest BCUT2D eigenvalue weighted by Gasteiger charge is 2.28. The van der Waals surface area contributed by atoms with Crippen molar-refractivity contribution >= 4 is 17.8 Å². The van der Waals surface area contributed by atoms with E-state index >= 15 is 0 Å². The van der Waals surface area contributed by atoms with E-state index < -0.39 is 36.3 Å². The van der Waals surface area contributed by atoms with Gasteiger partial charge in [-0.2, -0.15) is 0 Å². The molecule has 2 amide bonds. The average molecular weight is 291 g/mol. The molecule has 0 saturated carbocycles. The van der Waals surface area contributed by atoms with E-state index in [0.717, 1.165) is 11.1 Å². The zero-order chi connectivity index (χ0) is 15.4. The van der Waals surface area contributed by atoms with Crippen molar-refractivity contribution in [2.24, 2.45) is 5.73 Å². The molecule has 7 nitrogen and oxygen atoms in total. The third-order valence-corrected chi connectivity index (χ3v) is 3.42. The molecule has 0 bridgehead atoms. The molecule has 1 aromatic carbocycles. The van der Waals surface area contributed by atoms with Gasteiger partial charge in [-0.05, 0) is 17.5 Å². The molecule has 0 radical (unpaired) electrons. The lowest BCUT2D eigenvalue weighted by atomic mass is 9.95. The summed E-state index contributed by atoms with van der Waals surface area (Å²) < 4.78 is 0. The molecule has 112 valence electrons. The monoisotopic (exact) mass is 291 g/mol. The average Bonchev–Trinajstić information content (AvgIpc) is 2.45. The summed E-state index contributed by atoms with van der Waals surface area (Å²) in [4.78, 5) is 34.0. The van der Waals surface area contributed by atoms with Crippen molar-refractivity contribution in [2.45, 2.75) is 31.5 Å². The number of primary amides is 1. The van der Waals surface area contributed by atoms with Gasteiger partial charge in [-0.3, -0.25) is 9.59 Å². The Labute approximate surface area is 121 Å². The normalized spacial score (nSPS) is 18.4. The summed E-state index contributed by atoms with van der Waals surface area (Å²) in [6.07, 6.45) is 0.0509. The van der Waals surface area contributed by atoms with E-state index in [0.29, 0.717) is 13.0 Å². The number of rotatable bonds is 5. The molecule has 5 N–H and O–H groups in total. The van der Waals surface area contributed by atoms with Gasteiger partial charge in [0.05, 0.1) is 12.5 Å². The molecule has 21 heavy (non-hydrogen) atoms. The maximum absolute atomic E-state index is 12.1. The predicted molar refractivity (Wildman–Crippen MR) is 74.2 cm³/mol. The fourth-order valence-electron chi connectivity index (χ4n) is 2.31. The molecule has 2 rings (SSSR count). The molecule has 0 saturated heterocycles. The third kappa shape index (κ3) is 3.79. The van der Waals surface area contributed by atoms with E-state index in [9.17, 15) is 14.4 Å². The number of hydrogen-bond acceptors (Lipinski definition) is 4. The van der Waals surface area contributed by atoms with Gasteiger partial charge in [0.25, 0.3) is 0 Å². The minimum Gasteiger partial charge on any atom is -0.480 e. The lowest BCUT2D eigenvalue weighted by Crippen LogP contribution is -2.53. The van der Waals surface area contributed by atoms with Crippen LogP contribution in [0.25, 0.3) is 0 Å². The Morgan fingerprint density at radius 3 is 2.62 bits per heavy atom. The van der Waals surface area contributed by atoms with Crippen molar-refractivity contribution in [2.75, 3.05) is 0 Å². The lowest BCUT2D eigenvalue weighted by molar-refractivity contribution is -0.143. The van der Waals surface area contributed by atoms with Crippen molar-refractivity contribution < 1.29 is 19.5 Å². The summed E-state index contributed by atoms with van der Waals surface area (Å²) in [6, 6.07) is 5.92. The second-order valence-electron chi connectivity index (χ2n) is 4.98. The topological polar surface area (TPSA) is 122 Å². The van der Waals surface area contributed by atoms with Crippen molar-refractivity contribution in [1.82, 2.24) is 10.6 Å². The van der Waals surface area contributed by atoms with Crippen LogP contribution in [0.3, 0.4) is 0 Å². The molecular formula is C14H17N3O4. The summed E-state index contributed by atoms with van der Waals surface area (Å²) in [5.74, 6) is -2.50. The van der Waals surface area contributed by atoms with Crippen LogP contribution >= 0.6 is 0 Å². The summed E-state index contributed by atoms with van der Waals surface area (Å²) >= 11 is 0. The van der Waals surface area contributed by atoms with Gasteiger partial charge in [-0.25, -0.2) is 4.79 Å². The first-order chi connectivity index (χ1) is 9.97. The Morgan fingerprint density at radius 1 is 1.33 bits per heavy atom. The van der Waals surface area contributed by atoms with Crippen LogP contribution in [0.4, 0.5) is 0 Å². The number of carbonyl (C=O) groups is 3. The lowest BCUT2D eigenvalue weighted by Gasteiger charge is -2.26. The van der Waals surface area contributed by atoms with Gasteiger partial charge in [0, 0.05) is 6.54 Å². The number of fused-ring (bicyclic) bond motifs is 1. The van der Waals surface area contributed by atoms with Gasteiger partial charge < -0.3 is 21.5 Å². The largest absolute Gasteiger partial charge is 0.480 e. The van der Waals surface area contributed by atoms with Crippen LogP contribution in [0.2, 0.25) is 0 Å². The molecule has 0 unspecified atom stereocenters. The SMILES string of the molecule is NC(=O)C[C@@H](NC(=O)[C@H]1Cc2ccccc2CN1)C(=O)O. The Balaban J connectivity index is 2.01. The van der Waals surface area contributed by atoms with Gasteiger partial charge in [0.2, 0.25) is 11.8 Å². The minimum absolute atomic E-state index is 0.426. The van der Waals surface area contributed by atoms with Gasteiger partial charge in [-0.1, -0.05) is 24.3 Å². The van der Waals surface area contributed by atoms with Crippen LogP contribution in [0, 0.1) is 0 Å². The predicted octanol–water partition coefficient (Wildman–Crippen LogP) is -0.854. The second kappa shape index (κ2) is 6.36. The number of aliphatic carboxylic acids is 1. The molecule has 0 aliphatic carbocycles. The highest BCUT2D eigenvalue weighted by molar-refractivity contribution is 5.90. The highest BCUT2D eigenvalue weighted by Crippen LogP contribution is 2.16. The zero-order valence-corrected chi connectivity index (χ0v) is 11.3. The minimum atomic E-state index is -1.30. The Bertz CT molecular complexity index is 573. The molecule has 2 atom stereocenters. The Kier molecular flexibility index (Phi) is 4.54. The summed E-state index contributed by atoms with van der Waals surface area (Å²) in [5.41, 5.74) is 7.15. The Hall–Kier alpha value is -2.41. The number of carboxylic acids is 1. The van der Waals surface area contributed by atoms with E-state index in [-0.39, 0.29) is 0 Å². The van der Waals surface area contributed by atoms with Gasteiger partial charge in [-0.15, -0.1) is 0 Å². The van der Waals surface area contributed by atoms with Gasteiger partial charge in [0.15, 0.2) is 0 Å². The van der Waals surface area contributed by atoms with E-state index in [1.807, 2.05) is 24.3 Å². The third-order valence-electron chi connectivity index (χ3n) is 3.42. The Morgan fingerprint density at radius 2 is 2.00 bits per heavy atom.